The molecule has 0 bridgehead atoms. The maximum Gasteiger partial charge on any atom is 0.387 e. The first-order chi connectivity index (χ1) is 16.8. The van der Waals surface area contributed by atoms with E-state index in [0.29, 0.717) is 49.5 Å². The van der Waals surface area contributed by atoms with Crippen LogP contribution >= 0.6 is 0 Å². The number of halogens is 2. The SMILES string of the molecule is COc1ccc(CCN2CC(C(=O)NCCc3ccc(OC)c(OC(F)F)c3)CC2=O)cc1OC. The fourth-order valence-electron chi connectivity index (χ4n) is 4.00. The summed E-state index contributed by atoms with van der Waals surface area (Å²) in [6.07, 6.45) is 1.20. The summed E-state index contributed by atoms with van der Waals surface area (Å²) in [5, 5.41) is 2.84. The molecule has 2 aromatic rings. The van der Waals surface area contributed by atoms with Gasteiger partial charge in [-0.3, -0.25) is 9.59 Å². The second-order valence-corrected chi connectivity index (χ2v) is 8.08. The van der Waals surface area contributed by atoms with Crippen molar-refractivity contribution in [3.8, 4) is 23.0 Å². The van der Waals surface area contributed by atoms with Crippen molar-refractivity contribution in [2.24, 2.45) is 5.92 Å². The number of hydrogen-bond acceptors (Lipinski definition) is 6. The summed E-state index contributed by atoms with van der Waals surface area (Å²) in [6.45, 7) is -1.81. The number of amides is 2. The van der Waals surface area contributed by atoms with E-state index in [9.17, 15) is 18.4 Å². The zero-order chi connectivity index (χ0) is 25.4. The van der Waals surface area contributed by atoms with Crippen LogP contribution in [0.25, 0.3) is 0 Å². The molecule has 2 aromatic carbocycles. The lowest BCUT2D eigenvalue weighted by molar-refractivity contribution is -0.129. The Bertz CT molecular complexity index is 1030. The Balaban J connectivity index is 1.48. The molecule has 35 heavy (non-hydrogen) atoms. The summed E-state index contributed by atoms with van der Waals surface area (Å²) in [7, 11) is 4.51. The molecule has 0 radical (unpaired) electrons. The highest BCUT2D eigenvalue weighted by atomic mass is 19.3. The van der Waals surface area contributed by atoms with Crippen LogP contribution in [0.2, 0.25) is 0 Å². The molecule has 0 aromatic heterocycles. The monoisotopic (exact) mass is 492 g/mol. The van der Waals surface area contributed by atoms with Crippen molar-refractivity contribution in [2.75, 3.05) is 41.0 Å². The standard InChI is InChI=1S/C25H30F2N2O6/c1-32-19-6-5-17(12-21(19)34-3)9-11-29-15-18(14-23(29)30)24(31)28-10-8-16-4-7-20(33-2)22(13-16)35-25(26)27/h4-7,12-13,18,25H,8-11,14-15H2,1-3H3,(H,28,31). The van der Waals surface area contributed by atoms with Crippen LogP contribution in [0.5, 0.6) is 23.0 Å². The Kier molecular flexibility index (Phi) is 9.11. The van der Waals surface area contributed by atoms with Gasteiger partial charge >= 0.3 is 6.61 Å². The van der Waals surface area contributed by atoms with E-state index in [-0.39, 0.29) is 29.7 Å². The summed E-state index contributed by atoms with van der Waals surface area (Å²) < 4.78 is 45.3. The van der Waals surface area contributed by atoms with Gasteiger partial charge in [-0.25, -0.2) is 0 Å². The van der Waals surface area contributed by atoms with E-state index in [4.69, 9.17) is 14.2 Å². The van der Waals surface area contributed by atoms with E-state index < -0.39 is 12.5 Å². The van der Waals surface area contributed by atoms with Crippen molar-refractivity contribution < 1.29 is 37.3 Å². The van der Waals surface area contributed by atoms with E-state index in [1.54, 1.807) is 31.3 Å². The molecule has 1 fully saturated rings. The van der Waals surface area contributed by atoms with Crippen LogP contribution in [0.3, 0.4) is 0 Å². The van der Waals surface area contributed by atoms with Gasteiger partial charge in [0.05, 0.1) is 27.2 Å². The summed E-state index contributed by atoms with van der Waals surface area (Å²) in [4.78, 5) is 26.7. The predicted octanol–water partition coefficient (Wildman–Crippen LogP) is 3.06. The van der Waals surface area contributed by atoms with Gasteiger partial charge in [-0.15, -0.1) is 0 Å². The number of nitrogens with zero attached hydrogens (tertiary/aromatic N) is 1. The Labute approximate surface area is 203 Å². The van der Waals surface area contributed by atoms with Crippen LogP contribution in [0.4, 0.5) is 8.78 Å². The largest absolute Gasteiger partial charge is 0.493 e. The van der Waals surface area contributed by atoms with Gasteiger partial charge in [-0.2, -0.15) is 8.78 Å². The van der Waals surface area contributed by atoms with Crippen molar-refractivity contribution in [3.63, 3.8) is 0 Å². The molecule has 1 aliphatic heterocycles. The summed E-state index contributed by atoms with van der Waals surface area (Å²) in [5.41, 5.74) is 1.71. The van der Waals surface area contributed by atoms with Crippen LogP contribution < -0.4 is 24.3 Å². The fourth-order valence-corrected chi connectivity index (χ4v) is 4.00. The van der Waals surface area contributed by atoms with E-state index >= 15 is 0 Å². The van der Waals surface area contributed by atoms with E-state index in [1.807, 2.05) is 18.2 Å². The lowest BCUT2D eigenvalue weighted by atomic mass is 10.1. The van der Waals surface area contributed by atoms with E-state index in [2.05, 4.69) is 10.1 Å². The number of carbonyl (C=O) groups excluding carboxylic acids is 2. The third-order valence-electron chi connectivity index (χ3n) is 5.86. The van der Waals surface area contributed by atoms with Gasteiger partial charge in [0, 0.05) is 26.1 Å². The minimum absolute atomic E-state index is 0.0576. The Hall–Kier alpha value is -3.56. The fraction of sp³-hybridized carbons (Fsp3) is 0.440. The highest BCUT2D eigenvalue weighted by Crippen LogP contribution is 2.30. The molecule has 1 aliphatic rings. The zero-order valence-electron chi connectivity index (χ0n) is 20.0. The summed E-state index contributed by atoms with van der Waals surface area (Å²) in [6, 6.07) is 10.3. The van der Waals surface area contributed by atoms with Crippen LogP contribution in [-0.2, 0) is 22.4 Å². The highest BCUT2D eigenvalue weighted by Gasteiger charge is 2.33. The zero-order valence-corrected chi connectivity index (χ0v) is 20.0. The lowest BCUT2D eigenvalue weighted by Gasteiger charge is -2.17. The second-order valence-electron chi connectivity index (χ2n) is 8.08. The Morgan fingerprint density at radius 2 is 1.57 bits per heavy atom. The Morgan fingerprint density at radius 3 is 2.20 bits per heavy atom. The van der Waals surface area contributed by atoms with Crippen LogP contribution in [0.15, 0.2) is 36.4 Å². The molecule has 1 unspecified atom stereocenters. The molecule has 0 aliphatic carbocycles. The van der Waals surface area contributed by atoms with E-state index in [0.717, 1.165) is 5.56 Å². The van der Waals surface area contributed by atoms with Crippen molar-refractivity contribution in [3.05, 3.63) is 47.5 Å². The molecule has 1 saturated heterocycles. The van der Waals surface area contributed by atoms with Gasteiger partial charge < -0.3 is 29.2 Å². The van der Waals surface area contributed by atoms with Crippen LogP contribution in [-0.4, -0.2) is 64.3 Å². The van der Waals surface area contributed by atoms with Crippen molar-refractivity contribution in [1.82, 2.24) is 10.2 Å². The first-order valence-electron chi connectivity index (χ1n) is 11.2. The molecule has 8 nitrogen and oxygen atoms in total. The van der Waals surface area contributed by atoms with Crippen molar-refractivity contribution in [1.29, 1.82) is 0 Å². The average molecular weight is 493 g/mol. The highest BCUT2D eigenvalue weighted by molar-refractivity contribution is 5.89. The van der Waals surface area contributed by atoms with Crippen molar-refractivity contribution in [2.45, 2.75) is 25.9 Å². The molecule has 0 spiro atoms. The van der Waals surface area contributed by atoms with Gasteiger partial charge in [0.1, 0.15) is 0 Å². The third kappa shape index (κ3) is 6.97. The number of benzene rings is 2. The molecule has 1 N–H and O–H groups in total. The molecule has 1 atom stereocenters. The number of methoxy groups -OCH3 is 3. The molecule has 190 valence electrons. The lowest BCUT2D eigenvalue weighted by Crippen LogP contribution is -2.34. The maximum atomic E-state index is 12.6. The van der Waals surface area contributed by atoms with Crippen molar-refractivity contribution >= 4 is 11.8 Å². The Morgan fingerprint density at radius 1 is 0.971 bits per heavy atom. The number of hydrogen-bond donors (Lipinski definition) is 1. The topological polar surface area (TPSA) is 86.3 Å². The molecule has 2 amide bonds. The molecule has 3 rings (SSSR count). The van der Waals surface area contributed by atoms with Gasteiger partial charge in [-0.1, -0.05) is 12.1 Å². The second kappa shape index (κ2) is 12.2. The van der Waals surface area contributed by atoms with Gasteiger partial charge in [0.25, 0.3) is 0 Å². The van der Waals surface area contributed by atoms with Crippen LogP contribution in [0.1, 0.15) is 17.5 Å². The molecule has 1 heterocycles. The predicted molar refractivity (Wildman–Crippen MR) is 124 cm³/mol. The molecule has 10 heteroatoms. The number of rotatable bonds is 12. The number of alkyl halides is 2. The number of likely N-dealkylation sites (tertiary alicyclic amines) is 1. The number of nitrogens with one attached hydrogen (secondary N) is 1. The summed E-state index contributed by atoms with van der Waals surface area (Å²) in [5.74, 6) is 0.714. The van der Waals surface area contributed by atoms with Gasteiger partial charge in [-0.05, 0) is 48.2 Å². The first kappa shape index (κ1) is 26.1. The normalized spacial score (nSPS) is 15.3. The maximum absolute atomic E-state index is 12.6. The molecular weight excluding hydrogens is 462 g/mol. The minimum atomic E-state index is -2.96. The van der Waals surface area contributed by atoms with E-state index in [1.165, 1.54) is 13.2 Å². The van der Waals surface area contributed by atoms with Gasteiger partial charge in [0.15, 0.2) is 23.0 Å². The third-order valence-corrected chi connectivity index (χ3v) is 5.86. The number of ether oxygens (including phenoxy) is 4. The minimum Gasteiger partial charge on any atom is -0.493 e. The smallest absolute Gasteiger partial charge is 0.387 e. The molecule has 0 saturated carbocycles. The number of carbonyl (C=O) groups is 2. The van der Waals surface area contributed by atoms with Gasteiger partial charge in [0.2, 0.25) is 11.8 Å². The van der Waals surface area contributed by atoms with Crippen LogP contribution in [0, 0.1) is 5.92 Å². The molecular formula is C25H30F2N2O6. The average Bonchev–Trinajstić information content (AvgIpc) is 3.22. The first-order valence-corrected chi connectivity index (χ1v) is 11.2. The quantitative estimate of drug-likeness (QED) is 0.490. The summed E-state index contributed by atoms with van der Waals surface area (Å²) >= 11 is 0.